The molecule has 0 aromatic heterocycles. The molecule has 23 heavy (non-hydrogen) atoms. The topological polar surface area (TPSA) is 58.4 Å². The summed E-state index contributed by atoms with van der Waals surface area (Å²) in [6, 6.07) is 6.23. The van der Waals surface area contributed by atoms with Crippen molar-refractivity contribution in [2.75, 3.05) is 4.90 Å². The van der Waals surface area contributed by atoms with Crippen LogP contribution in [0.25, 0.3) is 0 Å². The average Bonchev–Trinajstić information content (AvgIpc) is 2.49. The summed E-state index contributed by atoms with van der Waals surface area (Å²) < 4.78 is 0. The van der Waals surface area contributed by atoms with Crippen molar-refractivity contribution in [2.45, 2.75) is 77.8 Å². The van der Waals surface area contributed by atoms with Gasteiger partial charge in [0.15, 0.2) is 0 Å². The van der Waals surface area contributed by atoms with Crippen LogP contribution in [0.2, 0.25) is 0 Å². The van der Waals surface area contributed by atoms with E-state index in [1.807, 2.05) is 0 Å². The van der Waals surface area contributed by atoms with E-state index in [4.69, 9.17) is 5.84 Å². The molecule has 1 aliphatic rings. The number of nitrogens with two attached hydrogens (primary N) is 1. The zero-order chi connectivity index (χ0) is 17.2. The number of nitrogens with one attached hydrogen (secondary N) is 1. The summed E-state index contributed by atoms with van der Waals surface area (Å²) in [6.45, 7) is 11.0. The molecule has 2 rings (SSSR count). The number of anilines is 1. The Hall–Kier alpha value is -1.55. The van der Waals surface area contributed by atoms with Crippen molar-refractivity contribution in [1.29, 1.82) is 0 Å². The van der Waals surface area contributed by atoms with Crippen molar-refractivity contribution >= 4 is 11.6 Å². The minimum Gasteiger partial charge on any atom is -0.354 e. The second-order valence-corrected chi connectivity index (χ2v) is 7.47. The zero-order valence-electron chi connectivity index (χ0n) is 15.1. The monoisotopic (exact) mass is 317 g/mol. The minimum atomic E-state index is -0.220. The molecule has 1 aliphatic heterocycles. The fraction of sp³-hybridized carbons (Fsp3) is 0.632. The van der Waals surface area contributed by atoms with E-state index < -0.39 is 0 Å². The Morgan fingerprint density at radius 2 is 2.17 bits per heavy atom. The highest BCUT2D eigenvalue weighted by atomic mass is 16.2. The summed E-state index contributed by atoms with van der Waals surface area (Å²) in [7, 11) is 0. The smallest absolute Gasteiger partial charge is 0.256 e. The van der Waals surface area contributed by atoms with Gasteiger partial charge in [0.25, 0.3) is 5.91 Å². The Morgan fingerprint density at radius 3 is 2.78 bits per heavy atom. The quantitative estimate of drug-likeness (QED) is 0.495. The van der Waals surface area contributed by atoms with Gasteiger partial charge in [0.05, 0.1) is 0 Å². The predicted octanol–water partition coefficient (Wildman–Crippen LogP) is 3.64. The Morgan fingerprint density at radius 1 is 1.48 bits per heavy atom. The van der Waals surface area contributed by atoms with Crippen molar-refractivity contribution < 1.29 is 4.79 Å². The molecule has 2 unspecified atom stereocenters. The maximum absolute atomic E-state index is 12.5. The van der Waals surface area contributed by atoms with Crippen molar-refractivity contribution in [1.82, 2.24) is 5.43 Å². The molecule has 0 aliphatic carbocycles. The van der Waals surface area contributed by atoms with Crippen LogP contribution in [0.4, 0.5) is 5.69 Å². The molecule has 4 heteroatoms. The first-order valence-electron chi connectivity index (χ1n) is 8.72. The normalized spacial score (nSPS) is 20.8. The summed E-state index contributed by atoms with van der Waals surface area (Å²) in [5.74, 6) is 5.90. The lowest BCUT2D eigenvalue weighted by Gasteiger charge is -2.51. The molecule has 4 nitrogen and oxygen atoms in total. The number of unbranched alkanes of at least 4 members (excludes halogenated alkanes) is 1. The van der Waals surface area contributed by atoms with Gasteiger partial charge in [-0.3, -0.25) is 10.2 Å². The lowest BCUT2D eigenvalue weighted by atomic mass is 9.77. The van der Waals surface area contributed by atoms with Gasteiger partial charge in [-0.1, -0.05) is 44.9 Å². The van der Waals surface area contributed by atoms with Gasteiger partial charge >= 0.3 is 0 Å². The van der Waals surface area contributed by atoms with Crippen LogP contribution in [0.15, 0.2) is 18.2 Å². The number of benzene rings is 1. The Balaban J connectivity index is 2.56. The summed E-state index contributed by atoms with van der Waals surface area (Å²) >= 11 is 0. The second kappa shape index (κ2) is 6.91. The van der Waals surface area contributed by atoms with Crippen molar-refractivity contribution in [2.24, 2.45) is 5.84 Å². The zero-order valence-corrected chi connectivity index (χ0v) is 15.1. The lowest BCUT2D eigenvalue weighted by molar-refractivity contribution is -0.123. The third kappa shape index (κ3) is 3.37. The van der Waals surface area contributed by atoms with Gasteiger partial charge in [-0.05, 0) is 50.7 Å². The Kier molecular flexibility index (Phi) is 5.35. The molecular formula is C19H31N3O. The SMILES string of the molecule is CCCCC(C(=O)NN)N1c2c(C)cccc2C(C)CC1(C)C. The Labute approximate surface area is 140 Å². The van der Waals surface area contributed by atoms with Gasteiger partial charge in [0.2, 0.25) is 0 Å². The third-order valence-electron chi connectivity index (χ3n) is 5.09. The van der Waals surface area contributed by atoms with E-state index in [0.29, 0.717) is 5.92 Å². The Bertz CT molecular complexity index is 568. The number of hydrazine groups is 1. The van der Waals surface area contributed by atoms with Gasteiger partial charge in [-0.25, -0.2) is 5.84 Å². The number of aryl methyl sites for hydroxylation is 1. The molecule has 3 N–H and O–H groups in total. The van der Waals surface area contributed by atoms with E-state index >= 15 is 0 Å². The molecular weight excluding hydrogens is 286 g/mol. The largest absolute Gasteiger partial charge is 0.354 e. The first-order chi connectivity index (χ1) is 10.8. The van der Waals surface area contributed by atoms with Gasteiger partial charge in [-0.15, -0.1) is 0 Å². The fourth-order valence-corrected chi connectivity index (χ4v) is 4.12. The maximum Gasteiger partial charge on any atom is 0.256 e. The number of nitrogens with zero attached hydrogens (tertiary/aromatic N) is 1. The molecule has 128 valence electrons. The van der Waals surface area contributed by atoms with Gasteiger partial charge < -0.3 is 4.90 Å². The molecule has 1 aromatic rings. The van der Waals surface area contributed by atoms with E-state index in [2.05, 4.69) is 63.1 Å². The molecule has 1 aromatic carbocycles. The lowest BCUT2D eigenvalue weighted by Crippen LogP contribution is -2.59. The first kappa shape index (κ1) is 17.8. The van der Waals surface area contributed by atoms with Crippen molar-refractivity contribution in [3.05, 3.63) is 29.3 Å². The summed E-state index contributed by atoms with van der Waals surface area (Å²) in [4.78, 5) is 14.9. The molecule has 0 radical (unpaired) electrons. The number of rotatable bonds is 5. The van der Waals surface area contributed by atoms with E-state index in [-0.39, 0.29) is 17.5 Å². The van der Waals surface area contributed by atoms with Crippen LogP contribution in [0, 0.1) is 6.92 Å². The number of carbonyl (C=O) groups excluding carboxylic acids is 1. The number of para-hydroxylation sites is 1. The summed E-state index contributed by atoms with van der Waals surface area (Å²) in [6.07, 6.45) is 3.94. The fourth-order valence-electron chi connectivity index (χ4n) is 4.12. The number of fused-ring (bicyclic) bond motifs is 1. The summed E-state index contributed by atoms with van der Waals surface area (Å²) in [5.41, 5.74) is 6.11. The molecule has 1 amide bonds. The van der Waals surface area contributed by atoms with Crippen LogP contribution in [-0.4, -0.2) is 17.5 Å². The van der Waals surface area contributed by atoms with Crippen molar-refractivity contribution in [3.63, 3.8) is 0 Å². The minimum absolute atomic E-state index is 0.0799. The molecule has 0 fully saturated rings. The van der Waals surface area contributed by atoms with E-state index in [0.717, 1.165) is 25.7 Å². The molecule has 0 saturated heterocycles. The summed E-state index contributed by atoms with van der Waals surface area (Å²) in [5, 5.41) is 0. The molecule has 0 spiro atoms. The number of hydrogen-bond acceptors (Lipinski definition) is 3. The average molecular weight is 317 g/mol. The van der Waals surface area contributed by atoms with Crippen LogP contribution >= 0.6 is 0 Å². The second-order valence-electron chi connectivity index (χ2n) is 7.47. The highest BCUT2D eigenvalue weighted by molar-refractivity contribution is 5.86. The predicted molar refractivity (Wildman–Crippen MR) is 96.4 cm³/mol. The number of hydrogen-bond donors (Lipinski definition) is 2. The van der Waals surface area contributed by atoms with Gasteiger partial charge in [0.1, 0.15) is 6.04 Å². The highest BCUT2D eigenvalue weighted by Crippen LogP contribution is 2.46. The third-order valence-corrected chi connectivity index (χ3v) is 5.09. The molecule has 1 heterocycles. The van der Waals surface area contributed by atoms with Crippen LogP contribution in [-0.2, 0) is 4.79 Å². The van der Waals surface area contributed by atoms with E-state index in [1.54, 1.807) is 0 Å². The molecule has 0 saturated carbocycles. The van der Waals surface area contributed by atoms with E-state index in [9.17, 15) is 4.79 Å². The van der Waals surface area contributed by atoms with Crippen LogP contribution < -0.4 is 16.2 Å². The van der Waals surface area contributed by atoms with Gasteiger partial charge in [0, 0.05) is 11.2 Å². The first-order valence-corrected chi connectivity index (χ1v) is 8.72. The maximum atomic E-state index is 12.5. The van der Waals surface area contributed by atoms with Crippen LogP contribution in [0.5, 0.6) is 0 Å². The number of carbonyl (C=O) groups is 1. The van der Waals surface area contributed by atoms with Crippen LogP contribution in [0.1, 0.15) is 70.4 Å². The van der Waals surface area contributed by atoms with Crippen LogP contribution in [0.3, 0.4) is 0 Å². The van der Waals surface area contributed by atoms with E-state index in [1.165, 1.54) is 16.8 Å². The van der Waals surface area contributed by atoms with Gasteiger partial charge in [-0.2, -0.15) is 0 Å². The standard InChI is InChI=1S/C19H31N3O/c1-6-7-11-16(18(23)21-20)22-17-13(2)9-8-10-15(17)14(3)12-19(22,4)5/h8-10,14,16H,6-7,11-12,20H2,1-5H3,(H,21,23). The molecule has 0 bridgehead atoms. The van der Waals surface area contributed by atoms with Crippen molar-refractivity contribution in [3.8, 4) is 0 Å². The highest BCUT2D eigenvalue weighted by Gasteiger charge is 2.42. The number of amides is 1. The molecule has 2 atom stereocenters.